The molecule has 2 aromatic rings. The minimum Gasteiger partial charge on any atom is -0.467 e. The molecule has 0 aliphatic carbocycles. The highest BCUT2D eigenvalue weighted by molar-refractivity contribution is 5.92. The Balaban J connectivity index is 2.02. The van der Waals surface area contributed by atoms with Gasteiger partial charge in [0.05, 0.1) is 25.8 Å². The third-order valence-electron chi connectivity index (χ3n) is 3.42. The van der Waals surface area contributed by atoms with Gasteiger partial charge in [-0.05, 0) is 42.8 Å². The molecule has 1 aromatic heterocycles. The van der Waals surface area contributed by atoms with E-state index in [1.54, 1.807) is 37.3 Å². The van der Waals surface area contributed by atoms with E-state index in [-0.39, 0.29) is 37.2 Å². The molecule has 0 aliphatic rings. The maximum absolute atomic E-state index is 12.9. The first kappa shape index (κ1) is 18.4. The topological polar surface area (TPSA) is 59.8 Å². The number of carbonyl (C=O) groups is 2. The van der Waals surface area contributed by atoms with Crippen LogP contribution in [0.4, 0.5) is 4.39 Å². The summed E-state index contributed by atoms with van der Waals surface area (Å²) in [5, 5.41) is 0. The van der Waals surface area contributed by atoms with E-state index in [0.29, 0.717) is 17.9 Å². The highest BCUT2D eigenvalue weighted by Crippen LogP contribution is 2.09. The Morgan fingerprint density at radius 3 is 2.64 bits per heavy atom. The van der Waals surface area contributed by atoms with Crippen LogP contribution in [-0.2, 0) is 20.9 Å². The lowest BCUT2D eigenvalue weighted by Gasteiger charge is -2.19. The molecule has 1 aromatic carbocycles. The molecule has 0 unspecified atom stereocenters. The van der Waals surface area contributed by atoms with Crippen LogP contribution in [0.5, 0.6) is 0 Å². The third-order valence-corrected chi connectivity index (χ3v) is 3.42. The average molecular weight is 345 g/mol. The molecule has 1 amide bonds. The van der Waals surface area contributed by atoms with Gasteiger partial charge < -0.3 is 14.1 Å². The Bertz CT molecular complexity index is 708. The summed E-state index contributed by atoms with van der Waals surface area (Å²) in [4.78, 5) is 25.5. The van der Waals surface area contributed by atoms with Crippen LogP contribution in [0.2, 0.25) is 0 Å². The van der Waals surface area contributed by atoms with E-state index in [4.69, 9.17) is 9.15 Å². The molecule has 2 rings (SSSR count). The number of nitrogens with zero attached hydrogens (tertiary/aromatic N) is 1. The molecule has 0 N–H and O–H groups in total. The third kappa shape index (κ3) is 6.25. The van der Waals surface area contributed by atoms with E-state index in [1.807, 2.05) is 0 Å². The van der Waals surface area contributed by atoms with E-state index in [1.165, 1.54) is 29.4 Å². The molecule has 0 saturated heterocycles. The summed E-state index contributed by atoms with van der Waals surface area (Å²) in [5.74, 6) is -0.350. The fraction of sp³-hybridized carbons (Fsp3) is 0.263. The number of amides is 1. The number of rotatable bonds is 8. The van der Waals surface area contributed by atoms with Crippen LogP contribution in [-0.4, -0.2) is 29.9 Å². The van der Waals surface area contributed by atoms with Crippen molar-refractivity contribution < 1.29 is 23.1 Å². The van der Waals surface area contributed by atoms with Crippen LogP contribution in [0.3, 0.4) is 0 Å². The van der Waals surface area contributed by atoms with Crippen molar-refractivity contribution in [2.24, 2.45) is 0 Å². The van der Waals surface area contributed by atoms with Crippen molar-refractivity contribution in [3.63, 3.8) is 0 Å². The quantitative estimate of drug-likeness (QED) is 0.543. The van der Waals surface area contributed by atoms with Gasteiger partial charge in [-0.15, -0.1) is 0 Å². The molecule has 0 saturated carbocycles. The van der Waals surface area contributed by atoms with Gasteiger partial charge >= 0.3 is 5.97 Å². The summed E-state index contributed by atoms with van der Waals surface area (Å²) >= 11 is 0. The van der Waals surface area contributed by atoms with Gasteiger partial charge in [0.2, 0.25) is 5.91 Å². The molecule has 0 bridgehead atoms. The zero-order chi connectivity index (χ0) is 18.1. The Morgan fingerprint density at radius 1 is 1.24 bits per heavy atom. The minimum absolute atomic E-state index is 0.102. The molecule has 0 spiro atoms. The molecular formula is C19H20FNO4. The van der Waals surface area contributed by atoms with Gasteiger partial charge in [0.25, 0.3) is 0 Å². The van der Waals surface area contributed by atoms with Gasteiger partial charge in [0.15, 0.2) is 0 Å². The SMILES string of the molecule is CCOC(=O)CCN(Cc1ccco1)C(=O)/C=C/c1ccc(F)cc1. The second kappa shape index (κ2) is 9.42. The molecule has 5 nitrogen and oxygen atoms in total. The molecule has 0 atom stereocenters. The Kier molecular flexibility index (Phi) is 6.95. The number of hydrogen-bond donors (Lipinski definition) is 0. The summed E-state index contributed by atoms with van der Waals surface area (Å²) in [7, 11) is 0. The second-order valence-corrected chi connectivity index (χ2v) is 5.28. The van der Waals surface area contributed by atoms with Crippen molar-refractivity contribution in [3.8, 4) is 0 Å². The second-order valence-electron chi connectivity index (χ2n) is 5.28. The number of benzene rings is 1. The highest BCUT2D eigenvalue weighted by Gasteiger charge is 2.15. The van der Waals surface area contributed by atoms with Crippen LogP contribution < -0.4 is 0 Å². The molecule has 6 heteroatoms. The van der Waals surface area contributed by atoms with E-state index in [2.05, 4.69) is 0 Å². The predicted molar refractivity (Wildman–Crippen MR) is 90.8 cm³/mol. The lowest BCUT2D eigenvalue weighted by Crippen LogP contribution is -2.31. The summed E-state index contributed by atoms with van der Waals surface area (Å²) in [6.45, 7) is 2.50. The molecular weight excluding hydrogens is 325 g/mol. The normalized spacial score (nSPS) is 10.8. The number of hydrogen-bond acceptors (Lipinski definition) is 4. The Labute approximate surface area is 145 Å². The van der Waals surface area contributed by atoms with Crippen LogP contribution in [0, 0.1) is 5.82 Å². The number of furan rings is 1. The largest absolute Gasteiger partial charge is 0.467 e. The first-order chi connectivity index (χ1) is 12.1. The zero-order valence-corrected chi connectivity index (χ0v) is 14.0. The van der Waals surface area contributed by atoms with Gasteiger partial charge in [-0.2, -0.15) is 0 Å². The number of ether oxygens (including phenoxy) is 1. The summed E-state index contributed by atoms with van der Waals surface area (Å²) in [6, 6.07) is 9.30. The monoisotopic (exact) mass is 345 g/mol. The number of halogens is 1. The van der Waals surface area contributed by atoms with Gasteiger partial charge in [-0.1, -0.05) is 12.1 Å². The molecule has 1 heterocycles. The summed E-state index contributed by atoms with van der Waals surface area (Å²) in [6.07, 6.45) is 4.62. The van der Waals surface area contributed by atoms with Gasteiger partial charge in [0, 0.05) is 12.6 Å². The molecule has 0 fully saturated rings. The van der Waals surface area contributed by atoms with E-state index in [9.17, 15) is 14.0 Å². The number of esters is 1. The Morgan fingerprint density at radius 2 is 2.00 bits per heavy atom. The van der Waals surface area contributed by atoms with Crippen molar-refractivity contribution in [3.05, 3.63) is 65.9 Å². The van der Waals surface area contributed by atoms with Gasteiger partial charge in [-0.3, -0.25) is 9.59 Å². The van der Waals surface area contributed by atoms with Crippen molar-refractivity contribution >= 4 is 18.0 Å². The summed E-state index contributed by atoms with van der Waals surface area (Å²) < 4.78 is 23.1. The lowest BCUT2D eigenvalue weighted by molar-refractivity contribution is -0.143. The van der Waals surface area contributed by atoms with E-state index >= 15 is 0 Å². The fourth-order valence-electron chi connectivity index (χ4n) is 2.16. The molecule has 0 radical (unpaired) electrons. The maximum Gasteiger partial charge on any atom is 0.307 e. The standard InChI is InChI=1S/C19H20FNO4/c1-2-24-19(23)11-12-21(14-17-4-3-13-25-17)18(22)10-7-15-5-8-16(20)9-6-15/h3-10,13H,2,11-12,14H2,1H3/b10-7+. The fourth-order valence-corrected chi connectivity index (χ4v) is 2.16. The van der Waals surface area contributed by atoms with Crippen molar-refractivity contribution in [1.29, 1.82) is 0 Å². The van der Waals surface area contributed by atoms with Crippen LogP contribution in [0.25, 0.3) is 6.08 Å². The highest BCUT2D eigenvalue weighted by atomic mass is 19.1. The zero-order valence-electron chi connectivity index (χ0n) is 14.0. The van der Waals surface area contributed by atoms with Crippen molar-refractivity contribution in [2.75, 3.05) is 13.2 Å². The minimum atomic E-state index is -0.359. The first-order valence-electron chi connectivity index (χ1n) is 7.99. The summed E-state index contributed by atoms with van der Waals surface area (Å²) in [5.41, 5.74) is 0.707. The Hall–Kier alpha value is -2.89. The van der Waals surface area contributed by atoms with Crippen molar-refractivity contribution in [1.82, 2.24) is 4.90 Å². The van der Waals surface area contributed by atoms with Crippen LogP contribution >= 0.6 is 0 Å². The lowest BCUT2D eigenvalue weighted by atomic mass is 10.2. The van der Waals surface area contributed by atoms with Gasteiger partial charge in [-0.25, -0.2) is 4.39 Å². The average Bonchev–Trinajstić information content (AvgIpc) is 3.11. The van der Waals surface area contributed by atoms with Crippen LogP contribution in [0.15, 0.2) is 53.2 Å². The predicted octanol–water partition coefficient (Wildman–Crippen LogP) is 3.41. The first-order valence-corrected chi connectivity index (χ1v) is 7.99. The van der Waals surface area contributed by atoms with E-state index in [0.717, 1.165) is 0 Å². The van der Waals surface area contributed by atoms with E-state index < -0.39 is 0 Å². The molecule has 132 valence electrons. The molecule has 25 heavy (non-hydrogen) atoms. The van der Waals surface area contributed by atoms with Crippen LogP contribution in [0.1, 0.15) is 24.7 Å². The van der Waals surface area contributed by atoms with Gasteiger partial charge in [0.1, 0.15) is 11.6 Å². The van der Waals surface area contributed by atoms with Crippen molar-refractivity contribution in [2.45, 2.75) is 19.9 Å². The maximum atomic E-state index is 12.9. The molecule has 0 aliphatic heterocycles. The smallest absolute Gasteiger partial charge is 0.307 e. The number of carbonyl (C=O) groups excluding carboxylic acids is 2.